The van der Waals surface area contributed by atoms with Crippen LogP contribution >= 0.6 is 0 Å². The van der Waals surface area contributed by atoms with Crippen LogP contribution < -0.4 is 5.32 Å². The number of rotatable bonds is 8. The van der Waals surface area contributed by atoms with E-state index in [2.05, 4.69) is 16.6 Å². The van der Waals surface area contributed by atoms with E-state index >= 15 is 0 Å². The van der Waals surface area contributed by atoms with Gasteiger partial charge < -0.3 is 10.1 Å². The van der Waals surface area contributed by atoms with Crippen molar-refractivity contribution in [2.24, 2.45) is 5.41 Å². The molecule has 0 fully saturated rings. The van der Waals surface area contributed by atoms with E-state index in [0.717, 1.165) is 0 Å². The Morgan fingerprint density at radius 2 is 1.94 bits per heavy atom. The minimum absolute atomic E-state index is 0.0851. The van der Waals surface area contributed by atoms with Gasteiger partial charge in [-0.15, -0.1) is 6.58 Å². The second-order valence-corrected chi connectivity index (χ2v) is 4.81. The molecule has 0 saturated heterocycles. The first kappa shape index (κ1) is 16.4. The monoisotopic (exact) mass is 253 g/mol. The third-order valence-electron chi connectivity index (χ3n) is 2.49. The van der Waals surface area contributed by atoms with Crippen LogP contribution in [0, 0.1) is 5.41 Å². The number of hydrogen-bond donors (Lipinski definition) is 1. The number of nitrogens with one attached hydrogen (secondary N) is 1. The molecule has 0 saturated carbocycles. The summed E-state index contributed by atoms with van der Waals surface area (Å²) in [4.78, 5) is 0. The Balaban J connectivity index is 3.91. The summed E-state index contributed by atoms with van der Waals surface area (Å²) in [5, 5.41) is 3.25. The van der Waals surface area contributed by atoms with Gasteiger partial charge in [0, 0.05) is 19.2 Å². The third-order valence-corrected chi connectivity index (χ3v) is 2.49. The standard InChI is InChI=1S/C12H22F3NO/c1-5-11(4,8-16-10(2)3)6-7-17-9-12(13,14)15/h5,10,16H,1,6-9H2,2-4H3. The van der Waals surface area contributed by atoms with Gasteiger partial charge in [-0.1, -0.05) is 26.8 Å². The smallest absolute Gasteiger partial charge is 0.372 e. The van der Waals surface area contributed by atoms with Crippen molar-refractivity contribution >= 4 is 0 Å². The Labute approximate surface area is 101 Å². The maximum atomic E-state index is 11.9. The topological polar surface area (TPSA) is 21.3 Å². The van der Waals surface area contributed by atoms with Gasteiger partial charge in [-0.05, 0) is 11.8 Å². The molecule has 102 valence electrons. The highest BCUT2D eigenvalue weighted by Crippen LogP contribution is 2.22. The van der Waals surface area contributed by atoms with Gasteiger partial charge in [0.1, 0.15) is 6.61 Å². The maximum absolute atomic E-state index is 11.9. The Morgan fingerprint density at radius 3 is 2.35 bits per heavy atom. The summed E-state index contributed by atoms with van der Waals surface area (Å²) in [6, 6.07) is 0.338. The summed E-state index contributed by atoms with van der Waals surface area (Å²) in [6.07, 6.45) is -1.97. The fourth-order valence-electron chi connectivity index (χ4n) is 1.19. The highest BCUT2D eigenvalue weighted by molar-refractivity contribution is 4.93. The third kappa shape index (κ3) is 9.18. The van der Waals surface area contributed by atoms with E-state index in [1.54, 1.807) is 6.08 Å². The molecule has 1 unspecified atom stereocenters. The Kier molecular flexibility index (Phi) is 6.78. The van der Waals surface area contributed by atoms with Gasteiger partial charge >= 0.3 is 6.18 Å². The predicted octanol–water partition coefficient (Wildman–Crippen LogP) is 3.15. The van der Waals surface area contributed by atoms with Gasteiger partial charge in [0.15, 0.2) is 0 Å². The van der Waals surface area contributed by atoms with Crippen molar-refractivity contribution < 1.29 is 17.9 Å². The van der Waals surface area contributed by atoms with Crippen molar-refractivity contribution in [3.05, 3.63) is 12.7 Å². The molecular weight excluding hydrogens is 231 g/mol. The minimum atomic E-state index is -4.25. The summed E-state index contributed by atoms with van der Waals surface area (Å²) in [5.41, 5.74) is -0.240. The van der Waals surface area contributed by atoms with Crippen LogP contribution in [0.25, 0.3) is 0 Å². The Morgan fingerprint density at radius 1 is 1.35 bits per heavy atom. The van der Waals surface area contributed by atoms with Crippen molar-refractivity contribution in [1.29, 1.82) is 0 Å². The van der Waals surface area contributed by atoms with E-state index in [1.807, 2.05) is 20.8 Å². The molecule has 1 N–H and O–H groups in total. The molecule has 1 atom stereocenters. The second kappa shape index (κ2) is 7.01. The lowest BCUT2D eigenvalue weighted by atomic mass is 9.87. The van der Waals surface area contributed by atoms with Crippen molar-refractivity contribution in [2.45, 2.75) is 39.4 Å². The Bertz CT molecular complexity index is 228. The average Bonchev–Trinajstić information content (AvgIpc) is 2.20. The highest BCUT2D eigenvalue weighted by Gasteiger charge is 2.28. The number of halogens is 3. The van der Waals surface area contributed by atoms with Gasteiger partial charge in [-0.2, -0.15) is 13.2 Å². The van der Waals surface area contributed by atoms with Crippen LogP contribution in [-0.2, 0) is 4.74 Å². The normalized spacial score (nSPS) is 15.9. The lowest BCUT2D eigenvalue weighted by Crippen LogP contribution is -2.35. The summed E-state index contributed by atoms with van der Waals surface area (Å²) >= 11 is 0. The van der Waals surface area contributed by atoms with E-state index in [9.17, 15) is 13.2 Å². The number of hydrogen-bond acceptors (Lipinski definition) is 2. The average molecular weight is 253 g/mol. The highest BCUT2D eigenvalue weighted by atomic mass is 19.4. The molecule has 0 radical (unpaired) electrons. The van der Waals surface area contributed by atoms with E-state index in [4.69, 9.17) is 0 Å². The molecule has 17 heavy (non-hydrogen) atoms. The molecule has 2 nitrogen and oxygen atoms in total. The fraction of sp³-hybridized carbons (Fsp3) is 0.833. The zero-order valence-corrected chi connectivity index (χ0v) is 10.7. The van der Waals surface area contributed by atoms with Crippen LogP contribution in [0.5, 0.6) is 0 Å². The van der Waals surface area contributed by atoms with Crippen LogP contribution in [0.3, 0.4) is 0 Å². The number of ether oxygens (including phenoxy) is 1. The van der Waals surface area contributed by atoms with E-state index in [0.29, 0.717) is 19.0 Å². The van der Waals surface area contributed by atoms with Crippen LogP contribution in [-0.4, -0.2) is 32.0 Å². The SMILES string of the molecule is C=CC(C)(CCOCC(F)(F)F)CNC(C)C. The summed E-state index contributed by atoms with van der Waals surface area (Å²) < 4.78 is 40.2. The first-order valence-electron chi connectivity index (χ1n) is 5.70. The zero-order chi connectivity index (χ0) is 13.5. The van der Waals surface area contributed by atoms with E-state index in [1.165, 1.54) is 0 Å². The van der Waals surface area contributed by atoms with Crippen molar-refractivity contribution in [2.75, 3.05) is 19.8 Å². The molecule has 0 amide bonds. The molecule has 0 spiro atoms. The van der Waals surface area contributed by atoms with Gasteiger partial charge in [0.05, 0.1) is 0 Å². The van der Waals surface area contributed by atoms with Crippen molar-refractivity contribution in [3.63, 3.8) is 0 Å². The molecule has 5 heteroatoms. The minimum Gasteiger partial charge on any atom is -0.372 e. The van der Waals surface area contributed by atoms with Crippen LogP contribution in [0.4, 0.5) is 13.2 Å². The largest absolute Gasteiger partial charge is 0.411 e. The molecule has 0 heterocycles. The van der Waals surface area contributed by atoms with Crippen LogP contribution in [0.2, 0.25) is 0 Å². The predicted molar refractivity (Wildman–Crippen MR) is 62.9 cm³/mol. The van der Waals surface area contributed by atoms with Gasteiger partial charge in [0.2, 0.25) is 0 Å². The maximum Gasteiger partial charge on any atom is 0.411 e. The van der Waals surface area contributed by atoms with Gasteiger partial charge in [-0.25, -0.2) is 0 Å². The lowest BCUT2D eigenvalue weighted by Gasteiger charge is -2.27. The van der Waals surface area contributed by atoms with Gasteiger partial charge in [0.25, 0.3) is 0 Å². The molecule has 0 aromatic heterocycles. The molecular formula is C12H22F3NO. The first-order valence-corrected chi connectivity index (χ1v) is 5.70. The first-order chi connectivity index (χ1) is 7.68. The molecule has 0 rings (SSSR count). The molecule has 0 aliphatic carbocycles. The van der Waals surface area contributed by atoms with E-state index < -0.39 is 12.8 Å². The van der Waals surface area contributed by atoms with E-state index in [-0.39, 0.29) is 12.0 Å². The second-order valence-electron chi connectivity index (χ2n) is 4.81. The van der Waals surface area contributed by atoms with Crippen LogP contribution in [0.15, 0.2) is 12.7 Å². The van der Waals surface area contributed by atoms with Gasteiger partial charge in [-0.3, -0.25) is 0 Å². The van der Waals surface area contributed by atoms with Crippen LogP contribution in [0.1, 0.15) is 27.2 Å². The molecule has 0 aromatic rings. The zero-order valence-electron chi connectivity index (χ0n) is 10.7. The molecule has 0 bridgehead atoms. The fourth-order valence-corrected chi connectivity index (χ4v) is 1.19. The molecule has 0 aliphatic rings. The summed E-state index contributed by atoms with van der Waals surface area (Å²) in [7, 11) is 0. The van der Waals surface area contributed by atoms with Crippen molar-refractivity contribution in [3.8, 4) is 0 Å². The Hall–Kier alpha value is -0.550. The molecule has 0 aromatic carbocycles. The summed E-state index contributed by atoms with van der Waals surface area (Å²) in [5.74, 6) is 0. The summed E-state index contributed by atoms with van der Waals surface area (Å²) in [6.45, 7) is 9.29. The number of alkyl halides is 3. The molecule has 0 aliphatic heterocycles. The lowest BCUT2D eigenvalue weighted by molar-refractivity contribution is -0.175. The van der Waals surface area contributed by atoms with Crippen molar-refractivity contribution in [1.82, 2.24) is 5.32 Å². The quantitative estimate of drug-likeness (QED) is 0.530.